The molecule has 3 nitrogen and oxygen atoms in total. The van der Waals surface area contributed by atoms with Crippen LogP contribution in [-0.2, 0) is 4.74 Å². The summed E-state index contributed by atoms with van der Waals surface area (Å²) in [6.07, 6.45) is 4.58. The zero-order chi connectivity index (χ0) is 8.97. The molecule has 1 heterocycles. The second kappa shape index (κ2) is 4.33. The highest BCUT2D eigenvalue weighted by Gasteiger charge is 2.28. The summed E-state index contributed by atoms with van der Waals surface area (Å²) in [6.45, 7) is 2.76. The van der Waals surface area contributed by atoms with E-state index in [-0.39, 0.29) is 6.09 Å². The number of nitrogens with zero attached hydrogens (tertiary/aromatic N) is 1. The maximum atomic E-state index is 10.9. The van der Waals surface area contributed by atoms with E-state index in [9.17, 15) is 4.79 Å². The van der Waals surface area contributed by atoms with Crippen molar-refractivity contribution in [2.24, 2.45) is 0 Å². The highest BCUT2D eigenvalue weighted by molar-refractivity contribution is 5.69. The van der Waals surface area contributed by atoms with Crippen LogP contribution in [0.15, 0.2) is 0 Å². The predicted octanol–water partition coefficient (Wildman–Crippen LogP) is 2.02. The summed E-state index contributed by atoms with van der Waals surface area (Å²) < 4.78 is 4.90. The van der Waals surface area contributed by atoms with Gasteiger partial charge >= 0.3 is 6.09 Å². The number of amides is 1. The highest BCUT2D eigenvalue weighted by atomic mass is 16.6. The lowest BCUT2D eigenvalue weighted by molar-refractivity contribution is 0.163. The van der Waals surface area contributed by atoms with Crippen molar-refractivity contribution in [3.8, 4) is 0 Å². The second-order valence-electron chi connectivity index (χ2n) is 3.34. The molecule has 1 unspecified atom stereocenters. The summed E-state index contributed by atoms with van der Waals surface area (Å²) in [6, 6.07) is 0.323. The molecule has 70 valence electrons. The third kappa shape index (κ3) is 2.13. The molecule has 0 aliphatic carbocycles. The molecule has 1 rings (SSSR count). The standard InChI is InChI=1S/C9H17NO2/c1-3-4-5-6-8-7-12-9(11)10(8)2/h8H,3-7H2,1-2H3. The molecule has 0 N–H and O–H groups in total. The van der Waals surface area contributed by atoms with Gasteiger partial charge in [-0.15, -0.1) is 0 Å². The van der Waals surface area contributed by atoms with Crippen LogP contribution >= 0.6 is 0 Å². The summed E-state index contributed by atoms with van der Waals surface area (Å²) in [5.41, 5.74) is 0. The maximum absolute atomic E-state index is 10.9. The molecule has 0 radical (unpaired) electrons. The summed E-state index contributed by atoms with van der Waals surface area (Å²) in [7, 11) is 1.81. The molecule has 0 aromatic carbocycles. The summed E-state index contributed by atoms with van der Waals surface area (Å²) in [5, 5.41) is 0. The van der Waals surface area contributed by atoms with Crippen molar-refractivity contribution in [3.05, 3.63) is 0 Å². The molecule has 1 atom stereocenters. The lowest BCUT2D eigenvalue weighted by Crippen LogP contribution is -2.28. The number of hydrogen-bond acceptors (Lipinski definition) is 2. The Labute approximate surface area is 73.7 Å². The molecule has 1 saturated heterocycles. The molecule has 0 saturated carbocycles. The van der Waals surface area contributed by atoms with Gasteiger partial charge in [-0.05, 0) is 6.42 Å². The van der Waals surface area contributed by atoms with E-state index in [1.165, 1.54) is 19.3 Å². The van der Waals surface area contributed by atoms with Gasteiger partial charge in [0.1, 0.15) is 6.61 Å². The SMILES string of the molecule is CCCCCC1COC(=O)N1C. The molecule has 1 fully saturated rings. The first-order valence-electron chi connectivity index (χ1n) is 4.65. The van der Waals surface area contributed by atoms with Crippen LogP contribution in [0.2, 0.25) is 0 Å². The Kier molecular flexibility index (Phi) is 3.38. The van der Waals surface area contributed by atoms with Crippen LogP contribution in [0.4, 0.5) is 4.79 Å². The molecule has 3 heteroatoms. The number of rotatable bonds is 4. The van der Waals surface area contributed by atoms with E-state index < -0.39 is 0 Å². The van der Waals surface area contributed by atoms with Gasteiger partial charge < -0.3 is 9.64 Å². The quantitative estimate of drug-likeness (QED) is 0.605. The second-order valence-corrected chi connectivity index (χ2v) is 3.34. The van der Waals surface area contributed by atoms with Gasteiger partial charge in [-0.25, -0.2) is 4.79 Å². The van der Waals surface area contributed by atoms with E-state index in [1.807, 2.05) is 7.05 Å². The molecule has 0 bridgehead atoms. The number of carbonyl (C=O) groups excluding carboxylic acids is 1. The van der Waals surface area contributed by atoms with Crippen molar-refractivity contribution in [3.63, 3.8) is 0 Å². The van der Waals surface area contributed by atoms with Gasteiger partial charge in [-0.3, -0.25) is 0 Å². The molecule has 1 aliphatic rings. The van der Waals surface area contributed by atoms with E-state index in [1.54, 1.807) is 4.90 Å². The van der Waals surface area contributed by atoms with Crippen LogP contribution in [-0.4, -0.2) is 30.7 Å². The minimum absolute atomic E-state index is 0.170. The van der Waals surface area contributed by atoms with Crippen molar-refractivity contribution >= 4 is 6.09 Å². The van der Waals surface area contributed by atoms with E-state index in [0.717, 1.165) is 6.42 Å². The van der Waals surface area contributed by atoms with Crippen molar-refractivity contribution < 1.29 is 9.53 Å². The van der Waals surface area contributed by atoms with Gasteiger partial charge in [-0.1, -0.05) is 26.2 Å². The summed E-state index contributed by atoms with van der Waals surface area (Å²) in [5.74, 6) is 0. The fourth-order valence-electron chi connectivity index (χ4n) is 1.44. The zero-order valence-corrected chi connectivity index (χ0v) is 7.88. The summed E-state index contributed by atoms with van der Waals surface area (Å²) >= 11 is 0. The predicted molar refractivity (Wildman–Crippen MR) is 47.0 cm³/mol. The van der Waals surface area contributed by atoms with Crippen LogP contribution in [0.25, 0.3) is 0 Å². The van der Waals surface area contributed by atoms with Gasteiger partial charge in [0.05, 0.1) is 6.04 Å². The van der Waals surface area contributed by atoms with Crippen molar-refractivity contribution in [2.75, 3.05) is 13.7 Å². The largest absolute Gasteiger partial charge is 0.447 e. The maximum Gasteiger partial charge on any atom is 0.409 e. The fourth-order valence-corrected chi connectivity index (χ4v) is 1.44. The van der Waals surface area contributed by atoms with E-state index in [2.05, 4.69) is 6.92 Å². The van der Waals surface area contributed by atoms with E-state index >= 15 is 0 Å². The molecular formula is C9H17NO2. The normalized spacial score (nSPS) is 23.0. The third-order valence-corrected chi connectivity index (χ3v) is 2.38. The first-order chi connectivity index (χ1) is 5.75. The fraction of sp³-hybridized carbons (Fsp3) is 0.889. The topological polar surface area (TPSA) is 29.5 Å². The molecule has 0 aromatic heterocycles. The van der Waals surface area contributed by atoms with Crippen LogP contribution < -0.4 is 0 Å². The van der Waals surface area contributed by atoms with Crippen LogP contribution in [0.5, 0.6) is 0 Å². The van der Waals surface area contributed by atoms with E-state index in [4.69, 9.17) is 4.74 Å². The number of likely N-dealkylation sites (N-methyl/N-ethyl adjacent to an activating group) is 1. The molecular weight excluding hydrogens is 154 g/mol. The number of unbranched alkanes of at least 4 members (excludes halogenated alkanes) is 2. The molecule has 1 amide bonds. The first kappa shape index (κ1) is 9.36. The van der Waals surface area contributed by atoms with Gasteiger partial charge in [0.2, 0.25) is 0 Å². The summed E-state index contributed by atoms with van der Waals surface area (Å²) in [4.78, 5) is 12.6. The third-order valence-electron chi connectivity index (χ3n) is 2.38. The van der Waals surface area contributed by atoms with Crippen LogP contribution in [0.1, 0.15) is 32.6 Å². The van der Waals surface area contributed by atoms with Gasteiger partial charge in [-0.2, -0.15) is 0 Å². The lowest BCUT2D eigenvalue weighted by atomic mass is 10.1. The molecule has 12 heavy (non-hydrogen) atoms. The van der Waals surface area contributed by atoms with Crippen molar-refractivity contribution in [1.82, 2.24) is 4.90 Å². The number of carbonyl (C=O) groups is 1. The van der Waals surface area contributed by atoms with E-state index in [0.29, 0.717) is 12.6 Å². The smallest absolute Gasteiger partial charge is 0.409 e. The van der Waals surface area contributed by atoms with Crippen LogP contribution in [0.3, 0.4) is 0 Å². The van der Waals surface area contributed by atoms with Gasteiger partial charge in [0.15, 0.2) is 0 Å². The Bertz CT molecular complexity index is 159. The van der Waals surface area contributed by atoms with Crippen molar-refractivity contribution in [1.29, 1.82) is 0 Å². The Balaban J connectivity index is 2.20. The Morgan fingerprint density at radius 2 is 2.33 bits per heavy atom. The minimum Gasteiger partial charge on any atom is -0.447 e. The average molecular weight is 171 g/mol. The number of hydrogen-bond donors (Lipinski definition) is 0. The van der Waals surface area contributed by atoms with Gasteiger partial charge in [0.25, 0.3) is 0 Å². The first-order valence-corrected chi connectivity index (χ1v) is 4.65. The molecule has 1 aliphatic heterocycles. The Hall–Kier alpha value is -0.730. The molecule has 0 spiro atoms. The zero-order valence-electron chi connectivity index (χ0n) is 7.88. The average Bonchev–Trinajstić information content (AvgIpc) is 2.36. The van der Waals surface area contributed by atoms with Gasteiger partial charge in [0, 0.05) is 7.05 Å². The lowest BCUT2D eigenvalue weighted by Gasteiger charge is -2.14. The number of cyclic esters (lactones) is 1. The Morgan fingerprint density at radius 1 is 1.58 bits per heavy atom. The monoisotopic (exact) mass is 171 g/mol. The van der Waals surface area contributed by atoms with Crippen LogP contribution in [0, 0.1) is 0 Å². The Morgan fingerprint density at radius 3 is 2.83 bits per heavy atom. The van der Waals surface area contributed by atoms with Crippen molar-refractivity contribution in [2.45, 2.75) is 38.6 Å². The highest BCUT2D eigenvalue weighted by Crippen LogP contribution is 2.15. The molecule has 0 aromatic rings. The number of ether oxygens (including phenoxy) is 1. The minimum atomic E-state index is -0.170.